The SMILES string of the molecule is COCCS(=O)Cc1cccc(NC(=O)c2ccc(C)n2C)c1. The van der Waals surface area contributed by atoms with Gasteiger partial charge < -0.3 is 14.6 Å². The van der Waals surface area contributed by atoms with Crippen molar-refractivity contribution in [1.29, 1.82) is 0 Å². The Hall–Kier alpha value is -1.92. The van der Waals surface area contributed by atoms with E-state index in [9.17, 15) is 9.00 Å². The molecule has 1 atom stereocenters. The highest BCUT2D eigenvalue weighted by Crippen LogP contribution is 2.15. The molecule has 1 heterocycles. The summed E-state index contributed by atoms with van der Waals surface area (Å²) in [5.41, 5.74) is 3.27. The second-order valence-electron chi connectivity index (χ2n) is 5.35. The molecule has 0 saturated carbocycles. The van der Waals surface area contributed by atoms with Crippen LogP contribution in [-0.2, 0) is 28.3 Å². The number of carbonyl (C=O) groups excluding carboxylic acids is 1. The fourth-order valence-electron chi connectivity index (χ4n) is 2.21. The fraction of sp³-hybridized carbons (Fsp3) is 0.353. The van der Waals surface area contributed by atoms with Crippen LogP contribution in [0.3, 0.4) is 0 Å². The first-order valence-corrected chi connectivity index (χ1v) is 8.86. The highest BCUT2D eigenvalue weighted by Gasteiger charge is 2.11. The van der Waals surface area contributed by atoms with Gasteiger partial charge in [-0.1, -0.05) is 12.1 Å². The molecule has 1 unspecified atom stereocenters. The van der Waals surface area contributed by atoms with Gasteiger partial charge in [0.2, 0.25) is 0 Å². The van der Waals surface area contributed by atoms with Crippen molar-refractivity contribution >= 4 is 22.4 Å². The maximum atomic E-state index is 12.3. The molecule has 0 fully saturated rings. The van der Waals surface area contributed by atoms with Crippen molar-refractivity contribution in [1.82, 2.24) is 4.57 Å². The summed E-state index contributed by atoms with van der Waals surface area (Å²) in [6, 6.07) is 11.2. The first-order valence-electron chi connectivity index (χ1n) is 7.38. The van der Waals surface area contributed by atoms with Gasteiger partial charge in [0, 0.05) is 47.8 Å². The Labute approximate surface area is 139 Å². The van der Waals surface area contributed by atoms with Gasteiger partial charge in [0.25, 0.3) is 5.91 Å². The Balaban J connectivity index is 2.03. The molecule has 0 spiro atoms. The summed E-state index contributed by atoms with van der Waals surface area (Å²) in [6.07, 6.45) is 0. The Morgan fingerprint density at radius 3 is 2.74 bits per heavy atom. The number of aromatic nitrogens is 1. The van der Waals surface area contributed by atoms with Crippen molar-refractivity contribution in [2.75, 3.05) is 24.8 Å². The standard InChI is InChI=1S/C17H22N2O3S/c1-13-7-8-16(19(13)2)17(20)18-15-6-4-5-14(11-15)12-23(21)10-9-22-3/h4-8,11H,9-10,12H2,1-3H3,(H,18,20). The lowest BCUT2D eigenvalue weighted by molar-refractivity contribution is 0.101. The van der Waals surface area contributed by atoms with Gasteiger partial charge in [0.15, 0.2) is 0 Å². The van der Waals surface area contributed by atoms with E-state index in [0.717, 1.165) is 11.3 Å². The van der Waals surface area contributed by atoms with Crippen molar-refractivity contribution in [2.24, 2.45) is 7.05 Å². The van der Waals surface area contributed by atoms with E-state index in [4.69, 9.17) is 4.74 Å². The smallest absolute Gasteiger partial charge is 0.272 e. The zero-order valence-corrected chi connectivity index (χ0v) is 14.5. The largest absolute Gasteiger partial charge is 0.384 e. The Kier molecular flexibility index (Phi) is 6.12. The maximum absolute atomic E-state index is 12.3. The van der Waals surface area contributed by atoms with Crippen molar-refractivity contribution in [3.05, 3.63) is 53.3 Å². The molecule has 23 heavy (non-hydrogen) atoms. The lowest BCUT2D eigenvalue weighted by atomic mass is 10.2. The van der Waals surface area contributed by atoms with Gasteiger partial charge in [-0.3, -0.25) is 9.00 Å². The lowest BCUT2D eigenvalue weighted by Crippen LogP contribution is -2.16. The number of methoxy groups -OCH3 is 1. The van der Waals surface area contributed by atoms with E-state index in [-0.39, 0.29) is 5.91 Å². The van der Waals surface area contributed by atoms with Crippen LogP contribution in [0.25, 0.3) is 0 Å². The summed E-state index contributed by atoms with van der Waals surface area (Å²) in [5.74, 6) is 0.810. The number of ether oxygens (including phenoxy) is 1. The molecule has 0 radical (unpaired) electrons. The Morgan fingerprint density at radius 2 is 2.09 bits per heavy atom. The molecule has 6 heteroatoms. The number of benzene rings is 1. The number of rotatable bonds is 7. The van der Waals surface area contributed by atoms with E-state index in [2.05, 4.69) is 5.32 Å². The van der Waals surface area contributed by atoms with Gasteiger partial charge in [-0.25, -0.2) is 0 Å². The zero-order valence-electron chi connectivity index (χ0n) is 13.7. The fourth-order valence-corrected chi connectivity index (χ4v) is 3.26. The monoisotopic (exact) mass is 334 g/mol. The van der Waals surface area contributed by atoms with Gasteiger partial charge in [0.05, 0.1) is 6.61 Å². The molecule has 1 N–H and O–H groups in total. The molecule has 2 rings (SSSR count). The molecule has 0 aliphatic heterocycles. The van der Waals surface area contributed by atoms with E-state index < -0.39 is 10.8 Å². The number of aryl methyl sites for hydroxylation is 1. The van der Waals surface area contributed by atoms with Crippen molar-refractivity contribution in [3.8, 4) is 0 Å². The van der Waals surface area contributed by atoms with Crippen LogP contribution < -0.4 is 5.32 Å². The molecule has 1 amide bonds. The van der Waals surface area contributed by atoms with E-state index in [1.54, 1.807) is 13.2 Å². The summed E-state index contributed by atoms with van der Waals surface area (Å²) >= 11 is 0. The number of hydrogen-bond donors (Lipinski definition) is 1. The molecular formula is C17H22N2O3S. The van der Waals surface area contributed by atoms with Gasteiger partial charge >= 0.3 is 0 Å². The van der Waals surface area contributed by atoms with Crippen LogP contribution >= 0.6 is 0 Å². The first-order chi connectivity index (χ1) is 11.0. The van der Waals surface area contributed by atoms with Crippen LogP contribution in [-0.4, -0.2) is 34.2 Å². The third-order valence-electron chi connectivity index (χ3n) is 3.63. The minimum absolute atomic E-state index is 0.154. The normalized spacial score (nSPS) is 12.1. The van der Waals surface area contributed by atoms with Gasteiger partial charge in [0.1, 0.15) is 5.69 Å². The lowest BCUT2D eigenvalue weighted by Gasteiger charge is -2.09. The molecule has 1 aromatic carbocycles. The average Bonchev–Trinajstić information content (AvgIpc) is 2.85. The average molecular weight is 334 g/mol. The number of carbonyl (C=O) groups is 1. The topological polar surface area (TPSA) is 60.3 Å². The molecule has 124 valence electrons. The van der Waals surface area contributed by atoms with Crippen LogP contribution in [0.15, 0.2) is 36.4 Å². The molecule has 0 aliphatic rings. The summed E-state index contributed by atoms with van der Waals surface area (Å²) < 4.78 is 18.7. The summed E-state index contributed by atoms with van der Waals surface area (Å²) in [7, 11) is 2.49. The van der Waals surface area contributed by atoms with E-state index >= 15 is 0 Å². The van der Waals surface area contributed by atoms with Crippen LogP contribution in [0.4, 0.5) is 5.69 Å². The molecule has 5 nitrogen and oxygen atoms in total. The predicted octanol–water partition coefficient (Wildman–Crippen LogP) is 2.48. The van der Waals surface area contributed by atoms with Gasteiger partial charge in [-0.2, -0.15) is 0 Å². The highest BCUT2D eigenvalue weighted by atomic mass is 32.2. The third kappa shape index (κ3) is 4.77. The van der Waals surface area contributed by atoms with Crippen LogP contribution in [0.2, 0.25) is 0 Å². The van der Waals surface area contributed by atoms with E-state index in [1.807, 2.05) is 48.9 Å². The number of anilines is 1. The van der Waals surface area contributed by atoms with E-state index in [0.29, 0.717) is 29.5 Å². The molecule has 1 aromatic heterocycles. The van der Waals surface area contributed by atoms with Crippen molar-refractivity contribution < 1.29 is 13.7 Å². The van der Waals surface area contributed by atoms with Gasteiger partial charge in [-0.05, 0) is 36.8 Å². The number of nitrogens with one attached hydrogen (secondary N) is 1. The Morgan fingerprint density at radius 1 is 1.30 bits per heavy atom. The Bertz CT molecular complexity index is 710. The number of nitrogens with zero attached hydrogens (tertiary/aromatic N) is 1. The minimum atomic E-state index is -0.970. The van der Waals surface area contributed by atoms with Crippen LogP contribution in [0.1, 0.15) is 21.7 Å². The maximum Gasteiger partial charge on any atom is 0.272 e. The van der Waals surface area contributed by atoms with Crippen molar-refractivity contribution in [2.45, 2.75) is 12.7 Å². The number of amides is 1. The first kappa shape index (κ1) is 17.4. The summed E-state index contributed by atoms with van der Waals surface area (Å²) in [4.78, 5) is 12.3. The molecule has 0 saturated heterocycles. The second kappa shape index (κ2) is 8.08. The molecule has 2 aromatic rings. The molecule has 0 bridgehead atoms. The molecular weight excluding hydrogens is 312 g/mol. The summed E-state index contributed by atoms with van der Waals surface area (Å²) in [6.45, 7) is 2.43. The molecule has 0 aliphatic carbocycles. The zero-order chi connectivity index (χ0) is 16.8. The van der Waals surface area contributed by atoms with Gasteiger partial charge in [-0.15, -0.1) is 0 Å². The summed E-state index contributed by atoms with van der Waals surface area (Å²) in [5, 5.41) is 2.89. The third-order valence-corrected chi connectivity index (χ3v) is 4.91. The van der Waals surface area contributed by atoms with E-state index in [1.165, 1.54) is 0 Å². The minimum Gasteiger partial charge on any atom is -0.384 e. The predicted molar refractivity (Wildman–Crippen MR) is 93.1 cm³/mol. The second-order valence-corrected chi connectivity index (χ2v) is 6.93. The van der Waals surface area contributed by atoms with Crippen LogP contribution in [0, 0.1) is 6.92 Å². The van der Waals surface area contributed by atoms with Crippen molar-refractivity contribution in [3.63, 3.8) is 0 Å². The van der Waals surface area contributed by atoms with Crippen LogP contribution in [0.5, 0.6) is 0 Å². The quantitative estimate of drug-likeness (QED) is 0.846. The highest BCUT2D eigenvalue weighted by molar-refractivity contribution is 7.84. The number of hydrogen-bond acceptors (Lipinski definition) is 3.